The standard InChI is InChI=1S/C76H44O3/c1-3-16-45(17-4-1)47-31-36-66-62(40-47)64-42-49(33-38-68(64)77-66)72-52-20-7-9-22-54(52)74(55-23-10-8-21-53(55)72)51-30-35-60-71(44-51)79-70-29-15-28-61(76(60)70)75-58-26-13-11-24-56(58)73(57-25-12-14-27-59(57)75)50-34-39-69-65(43-50)63-41-48(32-37-67(63)78-69)46-18-5-2-6-19-46/h1-44H. The molecule has 0 saturated carbocycles. The highest BCUT2D eigenvalue weighted by atomic mass is 16.3. The normalized spacial score (nSPS) is 12.1. The van der Waals surface area contributed by atoms with Gasteiger partial charge in [-0.05, 0) is 177 Å². The van der Waals surface area contributed by atoms with Gasteiger partial charge in [-0.3, -0.25) is 0 Å². The maximum atomic E-state index is 7.00. The predicted octanol–water partition coefficient (Wildman–Crippen LogP) is 22.0. The van der Waals surface area contributed by atoms with Crippen LogP contribution in [0.5, 0.6) is 0 Å². The molecule has 0 bridgehead atoms. The minimum atomic E-state index is 0.852. The Hall–Kier alpha value is -10.5. The lowest BCUT2D eigenvalue weighted by atomic mass is 9.84. The van der Waals surface area contributed by atoms with Gasteiger partial charge < -0.3 is 13.3 Å². The number of rotatable bonds is 6. The molecule has 0 spiro atoms. The Balaban J connectivity index is 0.823. The van der Waals surface area contributed by atoms with Crippen LogP contribution in [-0.4, -0.2) is 0 Å². The summed E-state index contributed by atoms with van der Waals surface area (Å²) >= 11 is 0. The van der Waals surface area contributed by atoms with E-state index in [4.69, 9.17) is 13.3 Å². The second kappa shape index (κ2) is 17.0. The summed E-state index contributed by atoms with van der Waals surface area (Å²) in [5, 5.41) is 16.1. The Morgan fingerprint density at radius 3 is 0.911 bits per heavy atom. The second-order valence-corrected chi connectivity index (χ2v) is 21.0. The minimum absolute atomic E-state index is 0.852. The molecule has 0 N–H and O–H groups in total. The van der Waals surface area contributed by atoms with Crippen molar-refractivity contribution in [3.8, 4) is 66.8 Å². The quantitative estimate of drug-likeness (QED) is 0.156. The van der Waals surface area contributed by atoms with Gasteiger partial charge in [-0.25, -0.2) is 0 Å². The molecule has 3 aromatic heterocycles. The zero-order chi connectivity index (χ0) is 51.7. The Labute approximate surface area is 453 Å². The maximum absolute atomic E-state index is 7.00. The van der Waals surface area contributed by atoms with E-state index in [1.54, 1.807) is 0 Å². The smallest absolute Gasteiger partial charge is 0.136 e. The van der Waals surface area contributed by atoms with E-state index >= 15 is 0 Å². The molecule has 0 aliphatic rings. The molecule has 0 aliphatic carbocycles. The largest absolute Gasteiger partial charge is 0.456 e. The molecular formula is C76H44O3. The van der Waals surface area contributed by atoms with Gasteiger partial charge in [0.15, 0.2) is 0 Å². The monoisotopic (exact) mass is 1000 g/mol. The van der Waals surface area contributed by atoms with Crippen LogP contribution in [0.3, 0.4) is 0 Å². The third kappa shape index (κ3) is 6.67. The van der Waals surface area contributed by atoms with Crippen molar-refractivity contribution in [1.29, 1.82) is 0 Å². The average Bonchev–Trinajstić information content (AvgIpc) is 4.30. The van der Waals surface area contributed by atoms with Gasteiger partial charge in [-0.2, -0.15) is 0 Å². The van der Waals surface area contributed by atoms with Gasteiger partial charge in [0.05, 0.1) is 0 Å². The summed E-state index contributed by atoms with van der Waals surface area (Å²) in [5.74, 6) is 0. The van der Waals surface area contributed by atoms with Gasteiger partial charge >= 0.3 is 0 Å². The Morgan fingerprint density at radius 2 is 0.494 bits per heavy atom. The van der Waals surface area contributed by atoms with E-state index in [9.17, 15) is 0 Å². The first-order valence-electron chi connectivity index (χ1n) is 27.0. The lowest BCUT2D eigenvalue weighted by Crippen LogP contribution is -1.91. The average molecular weight is 1010 g/mol. The van der Waals surface area contributed by atoms with Crippen molar-refractivity contribution in [2.45, 2.75) is 0 Å². The summed E-state index contributed by atoms with van der Waals surface area (Å²) in [4.78, 5) is 0. The number of benzene rings is 14. The molecule has 17 rings (SSSR count). The van der Waals surface area contributed by atoms with Crippen LogP contribution >= 0.6 is 0 Å². The fraction of sp³-hybridized carbons (Fsp3) is 0. The van der Waals surface area contributed by atoms with Gasteiger partial charge in [0, 0.05) is 32.3 Å². The number of fused-ring (bicyclic) bond motifs is 13. The van der Waals surface area contributed by atoms with E-state index in [-0.39, 0.29) is 0 Å². The molecule has 366 valence electrons. The Kier molecular flexibility index (Phi) is 9.42. The number of furan rings is 3. The SMILES string of the molecule is c1ccc(-c2ccc3oc4ccc(-c5c6ccccc6c(-c6ccc7c(c6)oc6cccc(-c8c9ccccc9c(-c9ccc%10oc%11ccc(-c%12ccccc%12)cc%11c%10c9)c9ccccc89)c67)c6ccccc56)cc4c3c2)cc1. The minimum Gasteiger partial charge on any atom is -0.456 e. The van der Waals surface area contributed by atoms with Crippen LogP contribution in [0.4, 0.5) is 0 Å². The first-order chi connectivity index (χ1) is 39.2. The van der Waals surface area contributed by atoms with Crippen LogP contribution in [0.2, 0.25) is 0 Å². The van der Waals surface area contributed by atoms with Gasteiger partial charge in [0.1, 0.15) is 33.5 Å². The molecule has 0 amide bonds. The fourth-order valence-electron chi connectivity index (χ4n) is 13.2. The predicted molar refractivity (Wildman–Crippen MR) is 331 cm³/mol. The van der Waals surface area contributed by atoms with E-state index in [1.807, 2.05) is 0 Å². The molecule has 0 atom stereocenters. The summed E-state index contributed by atoms with van der Waals surface area (Å²) in [5.41, 5.74) is 19.3. The van der Waals surface area contributed by atoms with Crippen molar-refractivity contribution < 1.29 is 13.3 Å². The van der Waals surface area contributed by atoms with Gasteiger partial charge in [-0.1, -0.05) is 200 Å². The van der Waals surface area contributed by atoms with E-state index < -0.39 is 0 Å². The summed E-state index contributed by atoms with van der Waals surface area (Å²) in [7, 11) is 0. The summed E-state index contributed by atoms with van der Waals surface area (Å²) < 4.78 is 19.9. The van der Waals surface area contributed by atoms with Crippen LogP contribution < -0.4 is 0 Å². The summed E-state index contributed by atoms with van der Waals surface area (Å²) in [6.45, 7) is 0. The Morgan fingerprint density at radius 1 is 0.165 bits per heavy atom. The third-order valence-electron chi connectivity index (χ3n) is 16.6. The van der Waals surface area contributed by atoms with Crippen LogP contribution in [0.15, 0.2) is 280 Å². The Bertz CT molecular complexity index is 5250. The van der Waals surface area contributed by atoms with Crippen molar-refractivity contribution >= 4 is 109 Å². The fourth-order valence-corrected chi connectivity index (χ4v) is 13.2. The molecule has 3 heteroatoms. The highest BCUT2D eigenvalue weighted by Crippen LogP contribution is 2.50. The summed E-state index contributed by atoms with van der Waals surface area (Å²) in [6.07, 6.45) is 0. The molecule has 0 saturated heterocycles. The van der Waals surface area contributed by atoms with E-state index in [0.29, 0.717) is 0 Å². The molecule has 3 nitrogen and oxygen atoms in total. The van der Waals surface area contributed by atoms with Crippen LogP contribution in [0, 0.1) is 0 Å². The number of hydrogen-bond acceptors (Lipinski definition) is 3. The topological polar surface area (TPSA) is 39.4 Å². The first-order valence-corrected chi connectivity index (χ1v) is 27.0. The third-order valence-corrected chi connectivity index (χ3v) is 16.6. The maximum Gasteiger partial charge on any atom is 0.136 e. The molecule has 0 unspecified atom stereocenters. The van der Waals surface area contributed by atoms with Gasteiger partial charge in [0.25, 0.3) is 0 Å². The summed E-state index contributed by atoms with van der Waals surface area (Å²) in [6, 6.07) is 96.5. The highest BCUT2D eigenvalue weighted by molar-refractivity contribution is 6.27. The van der Waals surface area contributed by atoms with Crippen LogP contribution in [0.25, 0.3) is 176 Å². The first kappa shape index (κ1) is 43.7. The molecule has 0 aliphatic heterocycles. The van der Waals surface area contributed by atoms with E-state index in [0.717, 1.165) is 88.1 Å². The van der Waals surface area contributed by atoms with Crippen molar-refractivity contribution in [2.75, 3.05) is 0 Å². The van der Waals surface area contributed by atoms with E-state index in [2.05, 4.69) is 267 Å². The van der Waals surface area contributed by atoms with Gasteiger partial charge in [0.2, 0.25) is 0 Å². The molecule has 3 heterocycles. The lowest BCUT2D eigenvalue weighted by Gasteiger charge is -2.18. The molecular weight excluding hydrogens is 961 g/mol. The molecule has 79 heavy (non-hydrogen) atoms. The highest BCUT2D eigenvalue weighted by Gasteiger charge is 2.23. The number of hydrogen-bond donors (Lipinski definition) is 0. The molecule has 17 aromatic rings. The van der Waals surface area contributed by atoms with Gasteiger partial charge in [-0.15, -0.1) is 0 Å². The second-order valence-electron chi connectivity index (χ2n) is 21.0. The molecule has 0 fully saturated rings. The van der Waals surface area contributed by atoms with E-state index in [1.165, 1.54) is 87.6 Å². The van der Waals surface area contributed by atoms with Crippen molar-refractivity contribution in [1.82, 2.24) is 0 Å². The van der Waals surface area contributed by atoms with Crippen LogP contribution in [-0.2, 0) is 0 Å². The molecule has 14 aromatic carbocycles. The zero-order valence-electron chi connectivity index (χ0n) is 42.6. The van der Waals surface area contributed by atoms with Crippen LogP contribution in [0.1, 0.15) is 0 Å². The van der Waals surface area contributed by atoms with Crippen molar-refractivity contribution in [2.24, 2.45) is 0 Å². The van der Waals surface area contributed by atoms with Crippen molar-refractivity contribution in [3.63, 3.8) is 0 Å². The zero-order valence-corrected chi connectivity index (χ0v) is 42.6. The molecule has 0 radical (unpaired) electrons. The lowest BCUT2D eigenvalue weighted by molar-refractivity contribution is 0.668. The van der Waals surface area contributed by atoms with Crippen molar-refractivity contribution in [3.05, 3.63) is 267 Å².